The molecule has 0 atom stereocenters. The zero-order valence-electron chi connectivity index (χ0n) is 16.9. The second-order valence-electron chi connectivity index (χ2n) is 8.36. The summed E-state index contributed by atoms with van der Waals surface area (Å²) in [6.07, 6.45) is 3.66. The molecule has 1 saturated carbocycles. The van der Waals surface area contributed by atoms with E-state index in [4.69, 9.17) is 4.74 Å². The molecule has 0 spiro atoms. The van der Waals surface area contributed by atoms with Crippen LogP contribution in [0.25, 0.3) is 0 Å². The van der Waals surface area contributed by atoms with Gasteiger partial charge in [0.05, 0.1) is 25.2 Å². The quantitative estimate of drug-likeness (QED) is 0.767. The van der Waals surface area contributed by atoms with Crippen molar-refractivity contribution in [2.45, 2.75) is 31.1 Å². The summed E-state index contributed by atoms with van der Waals surface area (Å²) in [7, 11) is 0. The lowest BCUT2D eigenvalue weighted by molar-refractivity contribution is -0.144. The molecule has 2 aliphatic heterocycles. The summed E-state index contributed by atoms with van der Waals surface area (Å²) in [5.74, 6) is -0.00302. The number of rotatable bonds is 4. The summed E-state index contributed by atoms with van der Waals surface area (Å²) in [6, 6.07) is 6.43. The van der Waals surface area contributed by atoms with Gasteiger partial charge in [-0.1, -0.05) is 25.0 Å². The normalized spacial score (nSPS) is 22.7. The zero-order chi connectivity index (χ0) is 20.3. The van der Waals surface area contributed by atoms with Crippen LogP contribution in [-0.2, 0) is 19.7 Å². The Kier molecular flexibility index (Phi) is 6.15. The van der Waals surface area contributed by atoms with E-state index in [1.54, 1.807) is 12.1 Å². The SMILES string of the molecule is O=C(CN1CCOCC1)N1CCN(C(=O)C2(c3ccc(F)cc3)CCCC2)CC1. The summed E-state index contributed by atoms with van der Waals surface area (Å²) < 4.78 is 18.7. The molecule has 7 heteroatoms. The summed E-state index contributed by atoms with van der Waals surface area (Å²) >= 11 is 0. The van der Waals surface area contributed by atoms with E-state index in [0.717, 1.165) is 44.3 Å². The van der Waals surface area contributed by atoms with Gasteiger partial charge in [-0.15, -0.1) is 0 Å². The van der Waals surface area contributed by atoms with Crippen LogP contribution in [-0.4, -0.2) is 85.5 Å². The fraction of sp³-hybridized carbons (Fsp3) is 0.636. The topological polar surface area (TPSA) is 53.1 Å². The molecule has 0 N–H and O–H groups in total. The van der Waals surface area contributed by atoms with E-state index in [2.05, 4.69) is 4.90 Å². The van der Waals surface area contributed by atoms with E-state index < -0.39 is 5.41 Å². The smallest absolute Gasteiger partial charge is 0.236 e. The second-order valence-corrected chi connectivity index (χ2v) is 8.36. The van der Waals surface area contributed by atoms with E-state index >= 15 is 0 Å². The summed E-state index contributed by atoms with van der Waals surface area (Å²) in [4.78, 5) is 32.0. The Labute approximate surface area is 171 Å². The molecule has 158 valence electrons. The number of carbonyl (C=O) groups excluding carboxylic acids is 2. The van der Waals surface area contributed by atoms with Crippen LogP contribution >= 0.6 is 0 Å². The standard InChI is InChI=1S/C22H30FN3O3/c23-19-5-3-18(4-6-19)22(7-1-2-8-22)21(28)26-11-9-25(10-12-26)20(27)17-24-13-15-29-16-14-24/h3-6H,1-2,7-17H2. The van der Waals surface area contributed by atoms with E-state index in [9.17, 15) is 14.0 Å². The van der Waals surface area contributed by atoms with Gasteiger partial charge in [0.15, 0.2) is 0 Å². The minimum absolute atomic E-state index is 0.133. The Morgan fingerprint density at radius 2 is 1.48 bits per heavy atom. The summed E-state index contributed by atoms with van der Waals surface area (Å²) in [5.41, 5.74) is 0.389. The number of piperazine rings is 1. The predicted octanol–water partition coefficient (Wildman–Crippen LogP) is 1.64. The first-order chi connectivity index (χ1) is 14.1. The lowest BCUT2D eigenvalue weighted by Crippen LogP contribution is -2.56. The van der Waals surface area contributed by atoms with Crippen molar-refractivity contribution in [1.29, 1.82) is 0 Å². The third-order valence-electron chi connectivity index (χ3n) is 6.65. The maximum atomic E-state index is 13.5. The van der Waals surface area contributed by atoms with Crippen LogP contribution in [0.4, 0.5) is 4.39 Å². The highest BCUT2D eigenvalue weighted by atomic mass is 19.1. The molecule has 0 bridgehead atoms. The van der Waals surface area contributed by atoms with Crippen molar-refractivity contribution >= 4 is 11.8 Å². The third kappa shape index (κ3) is 4.31. The second kappa shape index (κ2) is 8.79. The van der Waals surface area contributed by atoms with Gasteiger partial charge in [-0.25, -0.2) is 4.39 Å². The molecule has 0 radical (unpaired) electrons. The van der Waals surface area contributed by atoms with Crippen molar-refractivity contribution in [2.24, 2.45) is 0 Å². The number of nitrogens with zero attached hydrogens (tertiary/aromatic N) is 3. The Hall–Kier alpha value is -1.99. The number of halogens is 1. The van der Waals surface area contributed by atoms with Gasteiger partial charge in [0.1, 0.15) is 5.82 Å². The molecule has 2 saturated heterocycles. The Balaban J connectivity index is 1.37. The molecule has 2 amide bonds. The maximum Gasteiger partial charge on any atom is 0.236 e. The zero-order valence-corrected chi connectivity index (χ0v) is 16.9. The molecule has 1 aromatic rings. The van der Waals surface area contributed by atoms with Crippen LogP contribution in [0.15, 0.2) is 24.3 Å². The van der Waals surface area contributed by atoms with Gasteiger partial charge in [-0.05, 0) is 30.5 Å². The minimum atomic E-state index is -0.534. The van der Waals surface area contributed by atoms with E-state index in [1.807, 2.05) is 9.80 Å². The van der Waals surface area contributed by atoms with Crippen molar-refractivity contribution in [1.82, 2.24) is 14.7 Å². The molecular weight excluding hydrogens is 373 g/mol. The summed E-state index contributed by atoms with van der Waals surface area (Å²) in [6.45, 7) is 5.67. The van der Waals surface area contributed by atoms with Gasteiger partial charge in [0.25, 0.3) is 0 Å². The van der Waals surface area contributed by atoms with Crippen LogP contribution in [0, 0.1) is 5.82 Å². The molecule has 29 heavy (non-hydrogen) atoms. The minimum Gasteiger partial charge on any atom is -0.379 e. The highest BCUT2D eigenvalue weighted by molar-refractivity contribution is 5.89. The fourth-order valence-electron chi connectivity index (χ4n) is 4.89. The number of amides is 2. The number of ether oxygens (including phenoxy) is 1. The molecule has 1 aromatic carbocycles. The molecule has 2 heterocycles. The number of benzene rings is 1. The maximum absolute atomic E-state index is 13.5. The predicted molar refractivity (Wildman–Crippen MR) is 107 cm³/mol. The van der Waals surface area contributed by atoms with E-state index in [-0.39, 0.29) is 17.6 Å². The molecule has 3 aliphatic rings. The number of hydrogen-bond acceptors (Lipinski definition) is 4. The number of morpholine rings is 1. The van der Waals surface area contributed by atoms with Crippen molar-refractivity contribution in [3.8, 4) is 0 Å². The summed E-state index contributed by atoms with van der Waals surface area (Å²) in [5, 5.41) is 0. The largest absolute Gasteiger partial charge is 0.379 e. The van der Waals surface area contributed by atoms with Crippen LogP contribution in [0.2, 0.25) is 0 Å². The van der Waals surface area contributed by atoms with Gasteiger partial charge in [-0.2, -0.15) is 0 Å². The van der Waals surface area contributed by atoms with Gasteiger partial charge < -0.3 is 14.5 Å². The number of carbonyl (C=O) groups is 2. The van der Waals surface area contributed by atoms with Crippen molar-refractivity contribution < 1.29 is 18.7 Å². The van der Waals surface area contributed by atoms with Crippen molar-refractivity contribution in [3.63, 3.8) is 0 Å². The first kappa shape index (κ1) is 20.3. The molecule has 0 unspecified atom stereocenters. The van der Waals surface area contributed by atoms with Gasteiger partial charge >= 0.3 is 0 Å². The van der Waals surface area contributed by atoms with Crippen molar-refractivity contribution in [3.05, 3.63) is 35.6 Å². The fourth-order valence-corrected chi connectivity index (χ4v) is 4.89. The average molecular weight is 403 g/mol. The first-order valence-corrected chi connectivity index (χ1v) is 10.7. The van der Waals surface area contributed by atoms with Crippen LogP contribution < -0.4 is 0 Å². The van der Waals surface area contributed by atoms with Gasteiger partial charge in [0, 0.05) is 39.3 Å². The van der Waals surface area contributed by atoms with Gasteiger partial charge in [0.2, 0.25) is 11.8 Å². The monoisotopic (exact) mass is 403 g/mol. The molecular formula is C22H30FN3O3. The lowest BCUT2D eigenvalue weighted by Gasteiger charge is -2.40. The average Bonchev–Trinajstić information content (AvgIpc) is 3.26. The highest BCUT2D eigenvalue weighted by Crippen LogP contribution is 2.42. The highest BCUT2D eigenvalue weighted by Gasteiger charge is 2.45. The molecule has 4 rings (SSSR count). The van der Waals surface area contributed by atoms with E-state index in [1.165, 1.54) is 12.1 Å². The lowest BCUT2D eigenvalue weighted by atomic mass is 9.77. The molecule has 6 nitrogen and oxygen atoms in total. The molecule has 0 aromatic heterocycles. The Morgan fingerprint density at radius 3 is 2.10 bits per heavy atom. The third-order valence-corrected chi connectivity index (χ3v) is 6.65. The molecule has 1 aliphatic carbocycles. The Morgan fingerprint density at radius 1 is 0.897 bits per heavy atom. The first-order valence-electron chi connectivity index (χ1n) is 10.7. The van der Waals surface area contributed by atoms with Crippen LogP contribution in [0.5, 0.6) is 0 Å². The number of hydrogen-bond donors (Lipinski definition) is 0. The van der Waals surface area contributed by atoms with Crippen LogP contribution in [0.1, 0.15) is 31.2 Å². The Bertz CT molecular complexity index is 719. The van der Waals surface area contributed by atoms with Crippen molar-refractivity contribution in [2.75, 3.05) is 59.0 Å². The van der Waals surface area contributed by atoms with Gasteiger partial charge in [-0.3, -0.25) is 14.5 Å². The van der Waals surface area contributed by atoms with E-state index in [0.29, 0.717) is 45.9 Å². The van der Waals surface area contributed by atoms with Crippen LogP contribution in [0.3, 0.4) is 0 Å². The molecule has 3 fully saturated rings.